The zero-order valence-corrected chi connectivity index (χ0v) is 31.5. The predicted octanol–water partition coefficient (Wildman–Crippen LogP) is 7.95. The van der Waals surface area contributed by atoms with E-state index in [9.17, 15) is 19.5 Å². The van der Waals surface area contributed by atoms with E-state index in [0.717, 1.165) is 41.7 Å². The van der Waals surface area contributed by atoms with Crippen LogP contribution in [0.5, 0.6) is 0 Å². The van der Waals surface area contributed by atoms with Crippen molar-refractivity contribution < 1.29 is 19.5 Å². The largest absolute Gasteiger partial charge is 0.394 e. The first-order valence-corrected chi connectivity index (χ1v) is 19.1. The van der Waals surface area contributed by atoms with Crippen LogP contribution in [0.4, 0.5) is 5.69 Å². The quantitative estimate of drug-likeness (QED) is 0.120. The van der Waals surface area contributed by atoms with Gasteiger partial charge in [-0.1, -0.05) is 69.5 Å². The minimum Gasteiger partial charge on any atom is -0.394 e. The molecule has 1 aliphatic rings. The molecule has 2 atom stereocenters. The highest BCUT2D eigenvalue weighted by Crippen LogP contribution is 2.30. The van der Waals surface area contributed by atoms with Crippen LogP contribution in [-0.2, 0) is 17.8 Å². The maximum atomic E-state index is 14.6. The molecule has 0 spiro atoms. The molecule has 0 saturated heterocycles. The number of aromatic nitrogens is 2. The third kappa shape index (κ3) is 9.61. The molecule has 0 bridgehead atoms. The summed E-state index contributed by atoms with van der Waals surface area (Å²) in [6.45, 7) is 9.53. The Morgan fingerprint density at radius 2 is 1.69 bits per heavy atom. The summed E-state index contributed by atoms with van der Waals surface area (Å²) in [7, 11) is 0. The number of nitrogens with zero attached hydrogens (tertiary/aromatic N) is 4. The highest BCUT2D eigenvalue weighted by molar-refractivity contribution is 8.00. The van der Waals surface area contributed by atoms with Crippen LogP contribution in [0, 0.1) is 6.92 Å². The second kappa shape index (κ2) is 17.9. The summed E-state index contributed by atoms with van der Waals surface area (Å²) in [5.41, 5.74) is 4.43. The normalized spacial score (nSPS) is 14.5. The van der Waals surface area contributed by atoms with Crippen LogP contribution in [0.2, 0.25) is 5.02 Å². The molecule has 1 aliphatic heterocycles. The Balaban J connectivity index is 1.46. The van der Waals surface area contributed by atoms with Gasteiger partial charge in [0.15, 0.2) is 5.69 Å². The number of carbonyl (C=O) groups excluding carboxylic acids is 3. The monoisotopic (exact) mass is 729 g/mol. The van der Waals surface area contributed by atoms with Crippen LogP contribution < -0.4 is 5.32 Å². The summed E-state index contributed by atoms with van der Waals surface area (Å²) >= 11 is 7.62. The molecule has 9 nitrogen and oxygen atoms in total. The zero-order chi connectivity index (χ0) is 36.5. The van der Waals surface area contributed by atoms with Crippen molar-refractivity contribution in [2.24, 2.45) is 0 Å². The molecule has 0 aliphatic carbocycles. The highest BCUT2D eigenvalue weighted by Gasteiger charge is 2.32. The summed E-state index contributed by atoms with van der Waals surface area (Å²) in [5, 5.41) is 18.8. The van der Waals surface area contributed by atoms with E-state index in [0.29, 0.717) is 59.4 Å². The van der Waals surface area contributed by atoms with Gasteiger partial charge in [0.25, 0.3) is 11.8 Å². The Labute approximate surface area is 310 Å². The number of hydrogen-bond acceptors (Lipinski definition) is 6. The molecule has 0 saturated carbocycles. The van der Waals surface area contributed by atoms with Crippen molar-refractivity contribution in [3.05, 3.63) is 106 Å². The molecule has 5 rings (SSSR count). The number of hydrogen-bond donors (Lipinski definition) is 2. The van der Waals surface area contributed by atoms with Crippen LogP contribution in [0.1, 0.15) is 90.5 Å². The first kappa shape index (κ1) is 38.1. The third-order valence-electron chi connectivity index (χ3n) is 9.15. The van der Waals surface area contributed by atoms with E-state index >= 15 is 0 Å². The van der Waals surface area contributed by atoms with Gasteiger partial charge >= 0.3 is 0 Å². The van der Waals surface area contributed by atoms with Crippen molar-refractivity contribution in [2.45, 2.75) is 89.0 Å². The van der Waals surface area contributed by atoms with E-state index in [1.165, 1.54) is 0 Å². The molecule has 3 amide bonds. The maximum absolute atomic E-state index is 14.6. The van der Waals surface area contributed by atoms with Crippen molar-refractivity contribution in [2.75, 3.05) is 25.0 Å². The Morgan fingerprint density at radius 1 is 1.00 bits per heavy atom. The van der Waals surface area contributed by atoms with Gasteiger partial charge in [-0.05, 0) is 85.8 Å². The average molecular weight is 730 g/mol. The molecule has 2 heterocycles. The molecular weight excluding hydrogens is 682 g/mol. The average Bonchev–Trinajstić information content (AvgIpc) is 3.52. The molecular formula is C40H48ClN5O4S. The number of carbonyl (C=O) groups is 3. The van der Waals surface area contributed by atoms with Crippen molar-refractivity contribution in [1.29, 1.82) is 0 Å². The third-order valence-corrected chi connectivity index (χ3v) is 10.5. The van der Waals surface area contributed by atoms with Crippen molar-refractivity contribution in [3.8, 4) is 5.69 Å². The summed E-state index contributed by atoms with van der Waals surface area (Å²) in [4.78, 5) is 46.1. The van der Waals surface area contributed by atoms with Crippen molar-refractivity contribution >= 4 is 46.8 Å². The van der Waals surface area contributed by atoms with Crippen molar-refractivity contribution in [1.82, 2.24) is 19.6 Å². The van der Waals surface area contributed by atoms with Gasteiger partial charge in [-0.25, -0.2) is 4.68 Å². The minimum atomic E-state index is -0.425. The van der Waals surface area contributed by atoms with E-state index < -0.39 is 6.04 Å². The van der Waals surface area contributed by atoms with Gasteiger partial charge in [-0.15, -0.1) is 11.8 Å². The van der Waals surface area contributed by atoms with Gasteiger partial charge in [0, 0.05) is 52.6 Å². The lowest BCUT2D eigenvalue weighted by Crippen LogP contribution is -2.46. The van der Waals surface area contributed by atoms with E-state index in [1.807, 2.05) is 67.3 Å². The van der Waals surface area contributed by atoms with Gasteiger partial charge in [0.05, 0.1) is 23.9 Å². The van der Waals surface area contributed by atoms with Gasteiger partial charge in [0.2, 0.25) is 5.91 Å². The fourth-order valence-electron chi connectivity index (χ4n) is 6.37. The number of amides is 3. The Hall–Kier alpha value is -4.12. The van der Waals surface area contributed by atoms with E-state index in [-0.39, 0.29) is 36.0 Å². The van der Waals surface area contributed by atoms with Crippen LogP contribution in [0.25, 0.3) is 5.69 Å². The standard InChI is InChI=1S/C40H48ClN5O4S/c1-5-7-19-44(20-8-6-2)40(50)36-21-27(3)46(43-36)37-18-15-32(42-38(48)22-28(4)51-34-16-13-31(41)14-17-34)24-35(37)39(49)45-25-30-12-10-9-11-29(30)23-33(45)26-47/h9-18,21,24,28,33,47H,5-8,19-20,22-23,25-26H2,1-4H3,(H,42,48)/t28?,33-/m0/s1. The zero-order valence-electron chi connectivity index (χ0n) is 29.9. The summed E-state index contributed by atoms with van der Waals surface area (Å²) in [6.07, 6.45) is 4.55. The van der Waals surface area contributed by atoms with E-state index in [1.54, 1.807) is 45.6 Å². The number of halogens is 1. The molecule has 2 N–H and O–H groups in total. The predicted molar refractivity (Wildman–Crippen MR) is 205 cm³/mol. The molecule has 11 heteroatoms. The van der Waals surface area contributed by atoms with Crippen molar-refractivity contribution in [3.63, 3.8) is 0 Å². The Bertz CT molecular complexity index is 1820. The first-order valence-electron chi connectivity index (χ1n) is 17.8. The molecule has 270 valence electrons. The number of anilines is 1. The fraction of sp³-hybridized carbons (Fsp3) is 0.400. The summed E-state index contributed by atoms with van der Waals surface area (Å²) in [5.74, 6) is -0.608. The van der Waals surface area contributed by atoms with E-state index in [4.69, 9.17) is 16.7 Å². The number of aliphatic hydroxyl groups is 1. The number of aliphatic hydroxyl groups excluding tert-OH is 1. The minimum absolute atomic E-state index is 0.0119. The van der Waals surface area contributed by atoms with E-state index in [2.05, 4.69) is 19.2 Å². The molecule has 4 aromatic rings. The van der Waals surface area contributed by atoms with Crippen LogP contribution >= 0.6 is 23.4 Å². The van der Waals surface area contributed by atoms with Crippen LogP contribution in [-0.4, -0.2) is 73.4 Å². The molecule has 3 aromatic carbocycles. The molecule has 1 unspecified atom stereocenters. The SMILES string of the molecule is CCCCN(CCCC)C(=O)c1cc(C)n(-c2ccc(NC(=O)CC(C)Sc3ccc(Cl)cc3)cc2C(=O)N2Cc3ccccc3C[C@H]2CO)n1. The van der Waals surface area contributed by atoms with Gasteiger partial charge in [-0.2, -0.15) is 5.10 Å². The Kier molecular flexibility index (Phi) is 13.4. The molecule has 1 aromatic heterocycles. The number of benzene rings is 3. The summed E-state index contributed by atoms with van der Waals surface area (Å²) in [6, 6.07) is 22.0. The summed E-state index contributed by atoms with van der Waals surface area (Å²) < 4.78 is 1.64. The van der Waals surface area contributed by atoms with Crippen LogP contribution in [0.3, 0.4) is 0 Å². The lowest BCUT2D eigenvalue weighted by molar-refractivity contribution is -0.116. The number of thioether (sulfide) groups is 1. The second-order valence-corrected chi connectivity index (χ2v) is 15.1. The number of unbranched alkanes of at least 4 members (excludes halogenated alkanes) is 2. The molecule has 0 fully saturated rings. The number of aryl methyl sites for hydroxylation is 1. The molecule has 51 heavy (non-hydrogen) atoms. The maximum Gasteiger partial charge on any atom is 0.274 e. The fourth-order valence-corrected chi connectivity index (χ4v) is 7.49. The van der Waals surface area contributed by atoms with Crippen LogP contribution in [0.15, 0.2) is 77.7 Å². The first-order chi connectivity index (χ1) is 24.6. The topological polar surface area (TPSA) is 108 Å². The lowest BCUT2D eigenvalue weighted by atomic mass is 9.93. The number of fused-ring (bicyclic) bond motifs is 1. The number of nitrogens with one attached hydrogen (secondary N) is 1. The second-order valence-electron chi connectivity index (χ2n) is 13.2. The lowest BCUT2D eigenvalue weighted by Gasteiger charge is -2.36. The van der Waals surface area contributed by atoms with Gasteiger partial charge in [0.1, 0.15) is 0 Å². The molecule has 0 radical (unpaired) electrons. The van der Waals surface area contributed by atoms with Gasteiger partial charge in [-0.3, -0.25) is 14.4 Å². The Morgan fingerprint density at radius 3 is 2.35 bits per heavy atom. The number of rotatable bonds is 15. The highest BCUT2D eigenvalue weighted by atomic mass is 35.5. The van der Waals surface area contributed by atoms with Gasteiger partial charge < -0.3 is 20.2 Å². The smallest absolute Gasteiger partial charge is 0.274 e.